The highest BCUT2D eigenvalue weighted by atomic mass is 32.2. The minimum absolute atomic E-state index is 0.392. The van der Waals surface area contributed by atoms with Crippen molar-refractivity contribution in [2.75, 3.05) is 0 Å². The van der Waals surface area contributed by atoms with E-state index < -0.39 is 27.2 Å². The van der Waals surface area contributed by atoms with Crippen molar-refractivity contribution in [3.05, 3.63) is 76.9 Å². The Morgan fingerprint density at radius 3 is 2.24 bits per heavy atom. The van der Waals surface area contributed by atoms with Crippen LogP contribution in [0, 0.1) is 5.82 Å². The van der Waals surface area contributed by atoms with Crippen LogP contribution in [0.25, 0.3) is 6.08 Å². The van der Waals surface area contributed by atoms with E-state index in [-0.39, 0.29) is 0 Å². The van der Waals surface area contributed by atoms with Crippen molar-refractivity contribution in [1.82, 2.24) is 4.72 Å². The molecule has 4 nitrogen and oxygen atoms in total. The number of hydrogen-bond donors (Lipinski definition) is 1. The summed E-state index contributed by atoms with van der Waals surface area (Å²) in [5.41, 5.74) is 0.457. The molecular weight excluding hydrogens is 341 g/mol. The van der Waals surface area contributed by atoms with E-state index in [0.29, 0.717) is 18.4 Å². The van der Waals surface area contributed by atoms with Crippen LogP contribution in [0.2, 0.25) is 0 Å². The quantitative estimate of drug-likeness (QED) is 0.890. The molecule has 0 bridgehead atoms. The lowest BCUT2D eigenvalue weighted by atomic mass is 9.64. The van der Waals surface area contributed by atoms with Gasteiger partial charge in [0, 0.05) is 0 Å². The number of nitrogens with one attached hydrogen (secondary N) is 1. The van der Waals surface area contributed by atoms with Gasteiger partial charge < -0.3 is 0 Å². The Balaban J connectivity index is 1.78. The number of sulfonamides is 1. The molecule has 1 aliphatic rings. The summed E-state index contributed by atoms with van der Waals surface area (Å²) in [6.07, 6.45) is 3.34. The topological polar surface area (TPSA) is 63.2 Å². The Morgan fingerprint density at radius 1 is 1.04 bits per heavy atom. The van der Waals surface area contributed by atoms with E-state index in [0.717, 1.165) is 17.4 Å². The third-order valence-corrected chi connectivity index (χ3v) is 5.48. The molecule has 2 aromatic carbocycles. The summed E-state index contributed by atoms with van der Waals surface area (Å²) in [5.74, 6) is -0.958. The summed E-state index contributed by atoms with van der Waals surface area (Å²) in [5, 5.41) is 0.983. The molecule has 1 saturated carbocycles. The molecule has 3 rings (SSSR count). The molecule has 0 atom stereocenters. The summed E-state index contributed by atoms with van der Waals surface area (Å²) in [4.78, 5) is 12.6. The average Bonchev–Trinajstić information content (AvgIpc) is 2.54. The van der Waals surface area contributed by atoms with Gasteiger partial charge in [-0.3, -0.25) is 4.79 Å². The zero-order valence-electron chi connectivity index (χ0n) is 13.5. The van der Waals surface area contributed by atoms with Gasteiger partial charge in [-0.25, -0.2) is 17.5 Å². The zero-order chi connectivity index (χ0) is 17.9. The smallest absolute Gasteiger partial charge is 0.257 e. The first-order valence-corrected chi connectivity index (χ1v) is 9.52. The third-order valence-electron chi connectivity index (χ3n) is 4.51. The van der Waals surface area contributed by atoms with Crippen molar-refractivity contribution < 1.29 is 17.6 Å². The molecule has 1 amide bonds. The zero-order valence-corrected chi connectivity index (χ0v) is 14.3. The van der Waals surface area contributed by atoms with Crippen LogP contribution in [0.15, 0.2) is 60.0 Å². The maximum atomic E-state index is 13.1. The molecule has 6 heteroatoms. The predicted molar refractivity (Wildman–Crippen MR) is 94.5 cm³/mol. The molecule has 0 spiro atoms. The van der Waals surface area contributed by atoms with Gasteiger partial charge in [-0.15, -0.1) is 0 Å². The van der Waals surface area contributed by atoms with E-state index in [1.165, 1.54) is 18.2 Å². The summed E-state index contributed by atoms with van der Waals surface area (Å²) in [7, 11) is -3.91. The second kappa shape index (κ2) is 6.80. The summed E-state index contributed by atoms with van der Waals surface area (Å²) < 4.78 is 39.7. The largest absolute Gasteiger partial charge is 0.273 e. The minimum Gasteiger partial charge on any atom is -0.273 e. The van der Waals surface area contributed by atoms with E-state index in [4.69, 9.17) is 0 Å². The third kappa shape index (κ3) is 3.79. The van der Waals surface area contributed by atoms with Crippen LogP contribution in [0.4, 0.5) is 4.39 Å². The molecule has 2 aromatic rings. The van der Waals surface area contributed by atoms with Crippen LogP contribution in [0.1, 0.15) is 30.4 Å². The number of amides is 1. The first kappa shape index (κ1) is 17.4. The Hall–Kier alpha value is -2.47. The Bertz CT molecular complexity index is 886. The average molecular weight is 359 g/mol. The second-order valence-electron chi connectivity index (χ2n) is 6.13. The molecule has 1 N–H and O–H groups in total. The van der Waals surface area contributed by atoms with Crippen molar-refractivity contribution in [2.45, 2.75) is 24.7 Å². The molecule has 0 saturated heterocycles. The molecule has 0 radical (unpaired) electrons. The van der Waals surface area contributed by atoms with Gasteiger partial charge in [-0.1, -0.05) is 48.9 Å². The highest BCUT2D eigenvalue weighted by Gasteiger charge is 2.46. The summed E-state index contributed by atoms with van der Waals surface area (Å²) >= 11 is 0. The first-order valence-electron chi connectivity index (χ1n) is 7.98. The Kier molecular flexibility index (Phi) is 4.72. The monoisotopic (exact) mass is 359 g/mol. The molecule has 0 aliphatic heterocycles. The first-order chi connectivity index (χ1) is 11.9. The molecule has 1 aliphatic carbocycles. The molecule has 25 heavy (non-hydrogen) atoms. The van der Waals surface area contributed by atoms with Crippen molar-refractivity contribution in [2.24, 2.45) is 0 Å². The van der Waals surface area contributed by atoms with Gasteiger partial charge in [0.15, 0.2) is 0 Å². The number of halogens is 1. The maximum absolute atomic E-state index is 13.1. The lowest BCUT2D eigenvalue weighted by molar-refractivity contribution is -0.128. The van der Waals surface area contributed by atoms with Gasteiger partial charge in [-0.05, 0) is 42.2 Å². The normalized spacial score (nSPS) is 16.4. The molecule has 0 unspecified atom stereocenters. The van der Waals surface area contributed by atoms with Gasteiger partial charge >= 0.3 is 0 Å². The van der Waals surface area contributed by atoms with Crippen molar-refractivity contribution in [3.63, 3.8) is 0 Å². The minimum atomic E-state index is -3.91. The fourth-order valence-corrected chi connectivity index (χ4v) is 3.80. The van der Waals surface area contributed by atoms with Gasteiger partial charge in [-0.2, -0.15) is 0 Å². The van der Waals surface area contributed by atoms with Gasteiger partial charge in [0.2, 0.25) is 5.91 Å². The van der Waals surface area contributed by atoms with Crippen LogP contribution >= 0.6 is 0 Å². The van der Waals surface area contributed by atoms with Crippen molar-refractivity contribution in [3.8, 4) is 0 Å². The highest BCUT2D eigenvalue weighted by molar-refractivity contribution is 7.93. The van der Waals surface area contributed by atoms with Crippen LogP contribution in [0.3, 0.4) is 0 Å². The predicted octanol–water partition coefficient (Wildman–Crippen LogP) is 3.36. The summed E-state index contributed by atoms with van der Waals surface area (Å²) in [6.45, 7) is 0. The molecule has 0 aromatic heterocycles. The van der Waals surface area contributed by atoms with E-state index in [2.05, 4.69) is 4.72 Å². The number of rotatable bonds is 5. The SMILES string of the molecule is O=C(NS(=O)(=O)/C=C/c1ccccc1)C1(c2ccc(F)cc2)CCC1. The van der Waals surface area contributed by atoms with Crippen LogP contribution in [-0.4, -0.2) is 14.3 Å². The Morgan fingerprint density at radius 2 is 1.68 bits per heavy atom. The lowest BCUT2D eigenvalue weighted by Gasteiger charge is -2.40. The maximum Gasteiger partial charge on any atom is 0.257 e. The number of carbonyl (C=O) groups is 1. The summed E-state index contributed by atoms with van der Waals surface area (Å²) in [6, 6.07) is 14.6. The number of hydrogen-bond acceptors (Lipinski definition) is 3. The van der Waals surface area contributed by atoms with Gasteiger partial charge in [0.25, 0.3) is 10.0 Å². The van der Waals surface area contributed by atoms with Gasteiger partial charge in [0.1, 0.15) is 5.82 Å². The lowest BCUT2D eigenvalue weighted by Crippen LogP contribution is -2.50. The highest BCUT2D eigenvalue weighted by Crippen LogP contribution is 2.44. The van der Waals surface area contributed by atoms with Crippen LogP contribution in [-0.2, 0) is 20.2 Å². The van der Waals surface area contributed by atoms with Crippen molar-refractivity contribution >= 4 is 22.0 Å². The van der Waals surface area contributed by atoms with E-state index in [1.807, 2.05) is 6.07 Å². The number of carbonyl (C=O) groups excluding carboxylic acids is 1. The standard InChI is InChI=1S/C19H18FNO3S/c20-17-9-7-16(8-10-17)19(12-4-13-19)18(22)21-25(23,24)14-11-15-5-2-1-3-6-15/h1-3,5-11,14H,4,12-13H2,(H,21,22)/b14-11+. The molecule has 0 heterocycles. The second-order valence-corrected chi connectivity index (χ2v) is 7.70. The molecule has 1 fully saturated rings. The molecule has 130 valence electrons. The van der Waals surface area contributed by atoms with Crippen LogP contribution in [0.5, 0.6) is 0 Å². The fraction of sp³-hybridized carbons (Fsp3) is 0.211. The van der Waals surface area contributed by atoms with Gasteiger partial charge in [0.05, 0.1) is 10.8 Å². The van der Waals surface area contributed by atoms with Crippen molar-refractivity contribution in [1.29, 1.82) is 0 Å². The van der Waals surface area contributed by atoms with E-state index in [1.54, 1.807) is 36.4 Å². The fourth-order valence-electron chi connectivity index (χ4n) is 2.94. The van der Waals surface area contributed by atoms with E-state index >= 15 is 0 Å². The number of benzene rings is 2. The van der Waals surface area contributed by atoms with E-state index in [9.17, 15) is 17.6 Å². The molecular formula is C19H18FNO3S. The van der Waals surface area contributed by atoms with Crippen LogP contribution < -0.4 is 4.72 Å². The Labute approximate surface area is 146 Å².